The first kappa shape index (κ1) is 15.3. The van der Waals surface area contributed by atoms with Gasteiger partial charge >= 0.3 is 5.69 Å². The molecule has 1 atom stereocenters. The molecule has 1 aromatic rings. The molecule has 1 N–H and O–H groups in total. The number of nitrogens with zero attached hydrogens (tertiary/aromatic N) is 2. The molecule has 0 amide bonds. The van der Waals surface area contributed by atoms with E-state index in [-0.39, 0.29) is 10.6 Å². The fourth-order valence-corrected chi connectivity index (χ4v) is 3.84. The van der Waals surface area contributed by atoms with Gasteiger partial charge in [0.15, 0.2) is 5.00 Å². The molecule has 2 rings (SSSR count). The van der Waals surface area contributed by atoms with Gasteiger partial charge in [-0.2, -0.15) is 0 Å². The summed E-state index contributed by atoms with van der Waals surface area (Å²) in [5, 5.41) is 21.5. The summed E-state index contributed by atoms with van der Waals surface area (Å²) in [5.74, 6) is 1.38. The lowest BCUT2D eigenvalue weighted by Gasteiger charge is -2.34. The zero-order chi connectivity index (χ0) is 14.9. The molecule has 20 heavy (non-hydrogen) atoms. The molecule has 1 saturated heterocycles. The van der Waals surface area contributed by atoms with Gasteiger partial charge in [-0.25, -0.2) is 0 Å². The van der Waals surface area contributed by atoms with Gasteiger partial charge in [-0.3, -0.25) is 10.1 Å². The van der Waals surface area contributed by atoms with Crippen LogP contribution in [0, 0.1) is 22.0 Å². The third-order valence-corrected chi connectivity index (χ3v) is 5.45. The largest absolute Gasteiger partial charge is 0.388 e. The molecule has 5 nitrogen and oxygen atoms in total. The summed E-state index contributed by atoms with van der Waals surface area (Å²) >= 11 is 1.35. The third-order valence-electron chi connectivity index (χ3n) is 4.09. The molecule has 1 fully saturated rings. The zero-order valence-electron chi connectivity index (χ0n) is 12.2. The van der Waals surface area contributed by atoms with Gasteiger partial charge in [-0.15, -0.1) is 11.3 Å². The Morgan fingerprint density at radius 2 is 2.00 bits per heavy atom. The Bertz CT molecular complexity index is 477. The molecule has 0 spiro atoms. The number of hydrogen-bond acceptors (Lipinski definition) is 5. The zero-order valence-corrected chi connectivity index (χ0v) is 13.0. The summed E-state index contributed by atoms with van der Waals surface area (Å²) in [5.41, 5.74) is 0.133. The molecule has 1 aliphatic rings. The molecule has 6 heteroatoms. The van der Waals surface area contributed by atoms with E-state index in [1.54, 1.807) is 6.92 Å². The predicted molar refractivity (Wildman–Crippen MR) is 81.4 cm³/mol. The maximum Gasteiger partial charge on any atom is 0.304 e. The third kappa shape index (κ3) is 3.12. The smallest absolute Gasteiger partial charge is 0.304 e. The van der Waals surface area contributed by atoms with Crippen molar-refractivity contribution in [3.63, 3.8) is 0 Å². The summed E-state index contributed by atoms with van der Waals surface area (Å²) in [6.45, 7) is 7.84. The Hall–Kier alpha value is -1.14. The van der Waals surface area contributed by atoms with Crippen molar-refractivity contribution in [1.29, 1.82) is 0 Å². The van der Waals surface area contributed by atoms with Crippen LogP contribution in [-0.4, -0.2) is 23.1 Å². The van der Waals surface area contributed by atoms with E-state index in [0.717, 1.165) is 25.9 Å². The Morgan fingerprint density at radius 3 is 2.45 bits per heavy atom. The lowest BCUT2D eigenvalue weighted by molar-refractivity contribution is -0.383. The minimum atomic E-state index is -0.652. The predicted octanol–water partition coefficient (Wildman–Crippen LogP) is 3.58. The Kier molecular flexibility index (Phi) is 4.65. The van der Waals surface area contributed by atoms with Gasteiger partial charge in [0.25, 0.3) is 0 Å². The molecule has 0 radical (unpaired) electrons. The van der Waals surface area contributed by atoms with E-state index in [0.29, 0.717) is 21.7 Å². The highest BCUT2D eigenvalue weighted by Crippen LogP contribution is 2.41. The molecular formula is C14H22N2O3S. The molecule has 1 aromatic heterocycles. The van der Waals surface area contributed by atoms with Crippen LogP contribution >= 0.6 is 11.3 Å². The highest BCUT2D eigenvalue weighted by Gasteiger charge is 2.29. The maximum absolute atomic E-state index is 11.2. The lowest BCUT2D eigenvalue weighted by Crippen LogP contribution is -2.35. The van der Waals surface area contributed by atoms with Crippen molar-refractivity contribution in [2.45, 2.75) is 39.7 Å². The second kappa shape index (κ2) is 6.10. The highest BCUT2D eigenvalue weighted by atomic mass is 32.1. The van der Waals surface area contributed by atoms with Crippen LogP contribution in [0.1, 0.15) is 44.6 Å². The van der Waals surface area contributed by atoms with E-state index >= 15 is 0 Å². The number of rotatable bonds is 4. The number of aliphatic hydroxyl groups excluding tert-OH is 1. The van der Waals surface area contributed by atoms with Crippen molar-refractivity contribution >= 4 is 22.0 Å². The fraction of sp³-hybridized carbons (Fsp3) is 0.714. The van der Waals surface area contributed by atoms with E-state index in [9.17, 15) is 15.2 Å². The molecule has 2 heterocycles. The van der Waals surface area contributed by atoms with Crippen LogP contribution in [0.2, 0.25) is 0 Å². The van der Waals surface area contributed by atoms with E-state index in [4.69, 9.17) is 0 Å². The van der Waals surface area contributed by atoms with Gasteiger partial charge in [0.05, 0.1) is 11.0 Å². The topological polar surface area (TPSA) is 66.6 Å². The molecule has 1 aliphatic heterocycles. The second-order valence-electron chi connectivity index (χ2n) is 5.84. The Morgan fingerprint density at radius 1 is 1.40 bits per heavy atom. The fourth-order valence-electron chi connectivity index (χ4n) is 2.72. The van der Waals surface area contributed by atoms with E-state index < -0.39 is 6.10 Å². The van der Waals surface area contributed by atoms with Gasteiger partial charge in [0, 0.05) is 24.0 Å². The summed E-state index contributed by atoms with van der Waals surface area (Å²) in [6, 6.07) is 1.51. The van der Waals surface area contributed by atoms with Crippen LogP contribution in [0.5, 0.6) is 0 Å². The molecule has 0 bridgehead atoms. The number of hydrogen-bond donors (Lipinski definition) is 1. The maximum atomic E-state index is 11.2. The first-order valence-corrected chi connectivity index (χ1v) is 7.93. The van der Waals surface area contributed by atoms with Crippen molar-refractivity contribution in [3.05, 3.63) is 21.1 Å². The van der Waals surface area contributed by atoms with Crippen LogP contribution in [0.15, 0.2) is 6.07 Å². The molecule has 0 aromatic carbocycles. The highest BCUT2D eigenvalue weighted by molar-refractivity contribution is 7.16. The van der Waals surface area contributed by atoms with Crippen molar-refractivity contribution < 1.29 is 10.0 Å². The van der Waals surface area contributed by atoms with Gasteiger partial charge in [0.1, 0.15) is 0 Å². The molecular weight excluding hydrogens is 276 g/mol. The summed E-state index contributed by atoms with van der Waals surface area (Å²) < 4.78 is 0. The van der Waals surface area contributed by atoms with Gasteiger partial charge < -0.3 is 10.0 Å². The molecule has 112 valence electrons. The average molecular weight is 298 g/mol. The van der Waals surface area contributed by atoms with Crippen LogP contribution in [0.3, 0.4) is 0 Å². The van der Waals surface area contributed by atoms with Crippen molar-refractivity contribution in [2.75, 3.05) is 18.0 Å². The molecule has 0 aliphatic carbocycles. The number of nitro groups is 1. The van der Waals surface area contributed by atoms with Crippen LogP contribution in [0.25, 0.3) is 0 Å². The van der Waals surface area contributed by atoms with Crippen molar-refractivity contribution in [2.24, 2.45) is 11.8 Å². The van der Waals surface area contributed by atoms with E-state index in [1.807, 2.05) is 0 Å². The van der Waals surface area contributed by atoms with Gasteiger partial charge in [-0.1, -0.05) is 13.8 Å². The quantitative estimate of drug-likeness (QED) is 0.681. The standard InChI is InChI=1S/C14H22N2O3S/c1-9(2)11-4-6-15(7-5-11)14-12(16(18)19)8-13(20-14)10(3)17/h8-11,17H,4-7H2,1-3H3. The van der Waals surface area contributed by atoms with E-state index in [2.05, 4.69) is 18.7 Å². The first-order valence-electron chi connectivity index (χ1n) is 7.11. The normalized spacial score (nSPS) is 18.6. The minimum Gasteiger partial charge on any atom is -0.388 e. The second-order valence-corrected chi connectivity index (χ2v) is 6.90. The number of aliphatic hydroxyl groups is 1. The van der Waals surface area contributed by atoms with Gasteiger partial charge in [-0.05, 0) is 31.6 Å². The average Bonchev–Trinajstić information content (AvgIpc) is 2.84. The summed E-state index contributed by atoms with van der Waals surface area (Å²) in [7, 11) is 0. The van der Waals surface area contributed by atoms with E-state index in [1.165, 1.54) is 17.4 Å². The molecule has 0 saturated carbocycles. The summed E-state index contributed by atoms with van der Waals surface area (Å²) in [4.78, 5) is 13.6. The first-order chi connectivity index (χ1) is 9.40. The van der Waals surface area contributed by atoms with Crippen molar-refractivity contribution in [3.8, 4) is 0 Å². The molecule has 1 unspecified atom stereocenters. The SMILES string of the molecule is CC(O)c1cc([N+](=O)[O-])c(N2CCC(C(C)C)CC2)s1. The number of piperidine rings is 1. The number of thiophene rings is 1. The van der Waals surface area contributed by atoms with Crippen LogP contribution in [0.4, 0.5) is 10.7 Å². The van der Waals surface area contributed by atoms with Gasteiger partial charge in [0.2, 0.25) is 0 Å². The van der Waals surface area contributed by atoms with Crippen LogP contribution < -0.4 is 4.90 Å². The Balaban J connectivity index is 2.18. The number of anilines is 1. The minimum absolute atomic E-state index is 0.133. The van der Waals surface area contributed by atoms with Crippen LogP contribution in [-0.2, 0) is 0 Å². The Labute approximate surface area is 123 Å². The van der Waals surface area contributed by atoms with Crippen molar-refractivity contribution in [1.82, 2.24) is 0 Å². The monoisotopic (exact) mass is 298 g/mol. The lowest BCUT2D eigenvalue weighted by atomic mass is 9.87. The summed E-state index contributed by atoms with van der Waals surface area (Å²) in [6.07, 6.45) is 1.51.